The fourth-order valence-corrected chi connectivity index (χ4v) is 2.91. The molecule has 0 N–H and O–H groups in total. The van der Waals surface area contributed by atoms with Gasteiger partial charge in [0, 0.05) is 24.7 Å². The van der Waals surface area contributed by atoms with Crippen molar-refractivity contribution < 1.29 is 14.3 Å². The summed E-state index contributed by atoms with van der Waals surface area (Å²) in [6.07, 6.45) is 1.70. The minimum atomic E-state index is -0.423. The van der Waals surface area contributed by atoms with Crippen LogP contribution in [0.4, 0.5) is 5.69 Å². The van der Waals surface area contributed by atoms with Gasteiger partial charge in [-0.1, -0.05) is 15.9 Å². The van der Waals surface area contributed by atoms with E-state index in [9.17, 15) is 9.59 Å². The number of hydrogen-bond acceptors (Lipinski definition) is 3. The zero-order chi connectivity index (χ0) is 14.0. The number of aryl methyl sites for hydroxylation is 1. The van der Waals surface area contributed by atoms with Crippen molar-refractivity contribution in [3.63, 3.8) is 0 Å². The van der Waals surface area contributed by atoms with Crippen LogP contribution in [-0.4, -0.2) is 32.0 Å². The average molecular weight is 326 g/mol. The number of fused-ring (bicyclic) bond motifs is 1. The third kappa shape index (κ3) is 2.72. The zero-order valence-corrected chi connectivity index (χ0v) is 12.6. The van der Waals surface area contributed by atoms with E-state index in [0.29, 0.717) is 18.7 Å². The standard InChI is InChI=1S/C14H16BrNO3/c1-9-7-10(15)8-11-12(9)16(14(18)13(11)17)5-3-4-6-19-2/h7-8H,3-6H2,1-2H3. The first-order chi connectivity index (χ1) is 9.06. The zero-order valence-electron chi connectivity index (χ0n) is 11.0. The maximum atomic E-state index is 12.0. The molecule has 1 heterocycles. The monoisotopic (exact) mass is 325 g/mol. The van der Waals surface area contributed by atoms with Gasteiger partial charge < -0.3 is 9.64 Å². The van der Waals surface area contributed by atoms with Crippen molar-refractivity contribution in [3.8, 4) is 0 Å². The van der Waals surface area contributed by atoms with Crippen molar-refractivity contribution in [1.82, 2.24) is 0 Å². The maximum Gasteiger partial charge on any atom is 0.299 e. The van der Waals surface area contributed by atoms with Crippen molar-refractivity contribution in [2.75, 3.05) is 25.2 Å². The smallest absolute Gasteiger partial charge is 0.299 e. The molecule has 0 aromatic heterocycles. The summed E-state index contributed by atoms with van der Waals surface area (Å²) in [5.74, 6) is -0.834. The normalized spacial score (nSPS) is 14.2. The molecule has 1 aromatic carbocycles. The summed E-state index contributed by atoms with van der Waals surface area (Å²) >= 11 is 3.36. The van der Waals surface area contributed by atoms with Gasteiger partial charge in [-0.2, -0.15) is 0 Å². The molecule has 102 valence electrons. The predicted molar refractivity (Wildman–Crippen MR) is 76.7 cm³/mol. The molecule has 1 aliphatic rings. The van der Waals surface area contributed by atoms with Crippen molar-refractivity contribution in [2.45, 2.75) is 19.8 Å². The highest BCUT2D eigenvalue weighted by molar-refractivity contribution is 9.10. The van der Waals surface area contributed by atoms with Gasteiger partial charge in [-0.15, -0.1) is 0 Å². The van der Waals surface area contributed by atoms with Gasteiger partial charge in [-0.05, 0) is 37.5 Å². The van der Waals surface area contributed by atoms with Gasteiger partial charge in [0.2, 0.25) is 0 Å². The highest BCUT2D eigenvalue weighted by Crippen LogP contribution is 2.35. The Balaban J connectivity index is 2.23. The molecule has 1 amide bonds. The molecule has 0 saturated carbocycles. The summed E-state index contributed by atoms with van der Waals surface area (Å²) < 4.78 is 5.81. The third-order valence-corrected chi connectivity index (χ3v) is 3.66. The number of ketones is 1. The number of Topliss-reactive ketones (excluding diaryl/α,β-unsaturated/α-hetero) is 1. The lowest BCUT2D eigenvalue weighted by molar-refractivity contribution is -0.114. The van der Waals surface area contributed by atoms with E-state index < -0.39 is 11.7 Å². The number of unbranched alkanes of at least 4 members (excludes halogenated alkanes) is 1. The van der Waals surface area contributed by atoms with E-state index in [0.717, 1.165) is 28.6 Å². The van der Waals surface area contributed by atoms with Crippen LogP contribution in [0.25, 0.3) is 0 Å². The Labute approximate surface area is 120 Å². The van der Waals surface area contributed by atoms with Gasteiger partial charge in [-0.25, -0.2) is 0 Å². The highest BCUT2D eigenvalue weighted by atomic mass is 79.9. The minimum Gasteiger partial charge on any atom is -0.385 e. The lowest BCUT2D eigenvalue weighted by Gasteiger charge is -2.18. The molecule has 0 radical (unpaired) electrons. The Morgan fingerprint density at radius 3 is 2.68 bits per heavy atom. The van der Waals surface area contributed by atoms with E-state index in [1.165, 1.54) is 0 Å². The van der Waals surface area contributed by atoms with Crippen LogP contribution in [0.3, 0.4) is 0 Å². The SMILES string of the molecule is COCCCCN1C(=O)C(=O)c2cc(Br)cc(C)c21. The molecule has 5 heteroatoms. The second-order valence-electron chi connectivity index (χ2n) is 4.60. The summed E-state index contributed by atoms with van der Waals surface area (Å²) in [5, 5.41) is 0. The van der Waals surface area contributed by atoms with Gasteiger partial charge in [0.1, 0.15) is 0 Å². The van der Waals surface area contributed by atoms with Crippen LogP contribution in [0, 0.1) is 6.92 Å². The minimum absolute atomic E-state index is 0.411. The molecule has 19 heavy (non-hydrogen) atoms. The lowest BCUT2D eigenvalue weighted by atomic mass is 10.1. The molecule has 0 atom stereocenters. The number of anilines is 1. The Bertz CT molecular complexity index is 528. The highest BCUT2D eigenvalue weighted by Gasteiger charge is 2.36. The molecule has 2 rings (SSSR count). The molecular weight excluding hydrogens is 310 g/mol. The number of rotatable bonds is 5. The summed E-state index contributed by atoms with van der Waals surface area (Å²) in [5.41, 5.74) is 2.20. The summed E-state index contributed by atoms with van der Waals surface area (Å²) in [6.45, 7) is 3.14. The van der Waals surface area contributed by atoms with Crippen molar-refractivity contribution >= 4 is 33.3 Å². The fourth-order valence-electron chi connectivity index (χ4n) is 2.34. The fraction of sp³-hybridized carbons (Fsp3) is 0.429. The van der Waals surface area contributed by atoms with E-state index >= 15 is 0 Å². The van der Waals surface area contributed by atoms with Gasteiger partial charge in [0.15, 0.2) is 0 Å². The van der Waals surface area contributed by atoms with Gasteiger partial charge in [-0.3, -0.25) is 9.59 Å². The van der Waals surface area contributed by atoms with Crippen LogP contribution in [0.2, 0.25) is 0 Å². The average Bonchev–Trinajstić information content (AvgIpc) is 2.60. The Morgan fingerprint density at radius 1 is 1.26 bits per heavy atom. The van der Waals surface area contributed by atoms with E-state index in [-0.39, 0.29) is 0 Å². The number of benzene rings is 1. The number of hydrogen-bond donors (Lipinski definition) is 0. The van der Waals surface area contributed by atoms with Crippen LogP contribution in [0.15, 0.2) is 16.6 Å². The number of amides is 1. The molecule has 1 aromatic rings. The number of methoxy groups -OCH3 is 1. The number of carbonyl (C=O) groups is 2. The molecule has 0 fully saturated rings. The molecule has 4 nitrogen and oxygen atoms in total. The molecule has 0 saturated heterocycles. The summed E-state index contributed by atoms with van der Waals surface area (Å²) in [7, 11) is 1.65. The number of carbonyl (C=O) groups excluding carboxylic acids is 2. The molecule has 0 spiro atoms. The largest absolute Gasteiger partial charge is 0.385 e. The Morgan fingerprint density at radius 2 is 2.00 bits per heavy atom. The van der Waals surface area contributed by atoms with E-state index in [4.69, 9.17) is 4.74 Å². The van der Waals surface area contributed by atoms with Crippen LogP contribution in [0.1, 0.15) is 28.8 Å². The summed E-state index contributed by atoms with van der Waals surface area (Å²) in [4.78, 5) is 25.6. The lowest BCUT2D eigenvalue weighted by Crippen LogP contribution is -2.31. The molecule has 1 aliphatic heterocycles. The maximum absolute atomic E-state index is 12.0. The number of halogens is 1. The number of nitrogens with zero attached hydrogens (tertiary/aromatic N) is 1. The van der Waals surface area contributed by atoms with Crippen molar-refractivity contribution in [3.05, 3.63) is 27.7 Å². The van der Waals surface area contributed by atoms with Crippen molar-refractivity contribution in [1.29, 1.82) is 0 Å². The topological polar surface area (TPSA) is 46.6 Å². The third-order valence-electron chi connectivity index (χ3n) is 3.20. The number of ether oxygens (including phenoxy) is 1. The van der Waals surface area contributed by atoms with Crippen molar-refractivity contribution in [2.24, 2.45) is 0 Å². The predicted octanol–water partition coefficient (Wildman–Crippen LogP) is 2.71. The van der Waals surface area contributed by atoms with Crippen LogP contribution >= 0.6 is 15.9 Å². The molecule has 0 unspecified atom stereocenters. The van der Waals surface area contributed by atoms with E-state index in [2.05, 4.69) is 15.9 Å². The van der Waals surface area contributed by atoms with Crippen LogP contribution in [-0.2, 0) is 9.53 Å². The molecular formula is C14H16BrNO3. The molecule has 0 aliphatic carbocycles. The second kappa shape index (κ2) is 5.84. The van der Waals surface area contributed by atoms with Crippen LogP contribution in [0.5, 0.6) is 0 Å². The van der Waals surface area contributed by atoms with E-state index in [1.54, 1.807) is 18.1 Å². The Hall–Kier alpha value is -1.20. The molecule has 0 bridgehead atoms. The second-order valence-corrected chi connectivity index (χ2v) is 5.52. The van der Waals surface area contributed by atoms with Gasteiger partial charge in [0.25, 0.3) is 11.7 Å². The van der Waals surface area contributed by atoms with Gasteiger partial charge >= 0.3 is 0 Å². The van der Waals surface area contributed by atoms with Gasteiger partial charge in [0.05, 0.1) is 11.3 Å². The first-order valence-corrected chi connectivity index (χ1v) is 7.01. The van der Waals surface area contributed by atoms with E-state index in [1.807, 2.05) is 13.0 Å². The first kappa shape index (κ1) is 14.2. The Kier molecular flexibility index (Phi) is 4.37. The summed E-state index contributed by atoms with van der Waals surface area (Å²) in [6, 6.07) is 3.64. The first-order valence-electron chi connectivity index (χ1n) is 6.21. The van der Waals surface area contributed by atoms with Crippen LogP contribution < -0.4 is 4.90 Å². The quantitative estimate of drug-likeness (QED) is 0.617.